The smallest absolute Gasteiger partial charge is 0.236 e. The molecule has 0 saturated carbocycles. The van der Waals surface area contributed by atoms with Gasteiger partial charge in [-0.1, -0.05) is 31.6 Å². The average molecular weight is 280 g/mol. The topological polar surface area (TPSA) is 46.3 Å². The highest BCUT2D eigenvalue weighted by Crippen LogP contribution is 2.30. The highest BCUT2D eigenvalue weighted by molar-refractivity contribution is 7.80. The standard InChI is InChI=1S/C14H17FN2OS/c1-2-3-11(13(16)19)14(18)17-7-6-9-4-5-10(15)8-12(9)17/h4-5,8,11H,2-3,6-7H2,1H3,(H2,16,19). The number of hydrogen-bond acceptors (Lipinski definition) is 2. The molecule has 0 aliphatic carbocycles. The van der Waals surface area contributed by atoms with E-state index < -0.39 is 5.92 Å². The van der Waals surface area contributed by atoms with Gasteiger partial charge in [0.1, 0.15) is 5.82 Å². The number of hydrogen-bond donors (Lipinski definition) is 1. The van der Waals surface area contributed by atoms with Gasteiger partial charge in [0.15, 0.2) is 0 Å². The monoisotopic (exact) mass is 280 g/mol. The number of anilines is 1. The second-order valence-corrected chi connectivity index (χ2v) is 5.23. The maximum Gasteiger partial charge on any atom is 0.236 e. The van der Waals surface area contributed by atoms with E-state index in [1.807, 2.05) is 6.92 Å². The molecule has 1 aliphatic heterocycles. The fourth-order valence-electron chi connectivity index (χ4n) is 2.45. The molecule has 0 spiro atoms. The summed E-state index contributed by atoms with van der Waals surface area (Å²) in [6.45, 7) is 2.55. The van der Waals surface area contributed by atoms with Gasteiger partial charge in [-0.25, -0.2) is 4.39 Å². The van der Waals surface area contributed by atoms with E-state index in [1.54, 1.807) is 11.0 Å². The lowest BCUT2D eigenvalue weighted by Gasteiger charge is -2.23. The summed E-state index contributed by atoms with van der Waals surface area (Å²) in [5, 5.41) is 0. The van der Waals surface area contributed by atoms with Gasteiger partial charge in [0.2, 0.25) is 5.91 Å². The van der Waals surface area contributed by atoms with Crippen molar-refractivity contribution in [3.05, 3.63) is 29.6 Å². The molecular formula is C14H17FN2OS. The predicted molar refractivity (Wildman–Crippen MR) is 77.6 cm³/mol. The molecule has 1 aromatic carbocycles. The van der Waals surface area contributed by atoms with Gasteiger partial charge in [0.25, 0.3) is 0 Å². The van der Waals surface area contributed by atoms with Crippen molar-refractivity contribution in [1.29, 1.82) is 0 Å². The zero-order chi connectivity index (χ0) is 14.0. The van der Waals surface area contributed by atoms with Crippen molar-refractivity contribution < 1.29 is 9.18 Å². The molecule has 1 aliphatic rings. The molecule has 19 heavy (non-hydrogen) atoms. The van der Waals surface area contributed by atoms with Gasteiger partial charge < -0.3 is 10.6 Å². The molecule has 1 unspecified atom stereocenters. The highest BCUT2D eigenvalue weighted by Gasteiger charge is 2.31. The van der Waals surface area contributed by atoms with Crippen molar-refractivity contribution in [3.63, 3.8) is 0 Å². The van der Waals surface area contributed by atoms with Crippen molar-refractivity contribution in [3.8, 4) is 0 Å². The Balaban J connectivity index is 2.27. The quantitative estimate of drug-likeness (QED) is 0.862. The van der Waals surface area contributed by atoms with Gasteiger partial charge in [-0.3, -0.25) is 4.79 Å². The van der Waals surface area contributed by atoms with E-state index in [-0.39, 0.29) is 16.7 Å². The fourth-order valence-corrected chi connectivity index (χ4v) is 2.66. The molecule has 0 saturated heterocycles. The first-order valence-corrected chi connectivity index (χ1v) is 6.84. The van der Waals surface area contributed by atoms with Crippen LogP contribution >= 0.6 is 12.2 Å². The van der Waals surface area contributed by atoms with Crippen LogP contribution in [0.25, 0.3) is 0 Å². The number of fused-ring (bicyclic) bond motifs is 1. The molecule has 1 atom stereocenters. The summed E-state index contributed by atoms with van der Waals surface area (Å²) in [4.78, 5) is 14.3. The fraction of sp³-hybridized carbons (Fsp3) is 0.429. The molecule has 1 amide bonds. The SMILES string of the molecule is CCCC(C(=O)N1CCc2ccc(F)cc21)C(N)=S. The summed E-state index contributed by atoms with van der Waals surface area (Å²) in [6.07, 6.45) is 2.21. The first-order chi connectivity index (χ1) is 9.04. The van der Waals surface area contributed by atoms with Crippen LogP contribution in [0.2, 0.25) is 0 Å². The molecule has 0 fully saturated rings. The molecule has 5 heteroatoms. The third-order valence-corrected chi connectivity index (χ3v) is 3.71. The Kier molecular flexibility index (Phi) is 4.14. The van der Waals surface area contributed by atoms with Crippen molar-refractivity contribution in [2.45, 2.75) is 26.2 Å². The van der Waals surface area contributed by atoms with Gasteiger partial charge in [0.05, 0.1) is 10.9 Å². The summed E-state index contributed by atoms with van der Waals surface area (Å²) >= 11 is 4.97. The summed E-state index contributed by atoms with van der Waals surface area (Å²) in [6, 6.07) is 4.56. The number of nitrogens with zero attached hydrogens (tertiary/aromatic N) is 1. The van der Waals surface area contributed by atoms with Gasteiger partial charge >= 0.3 is 0 Å². The zero-order valence-electron chi connectivity index (χ0n) is 10.9. The average Bonchev–Trinajstić information content (AvgIpc) is 2.77. The number of halogens is 1. The second-order valence-electron chi connectivity index (χ2n) is 4.76. The van der Waals surface area contributed by atoms with Gasteiger partial charge in [0, 0.05) is 12.2 Å². The van der Waals surface area contributed by atoms with E-state index >= 15 is 0 Å². The van der Waals surface area contributed by atoms with Crippen LogP contribution in [0.3, 0.4) is 0 Å². The van der Waals surface area contributed by atoms with Crippen LogP contribution in [0.1, 0.15) is 25.3 Å². The van der Waals surface area contributed by atoms with E-state index in [9.17, 15) is 9.18 Å². The van der Waals surface area contributed by atoms with Gasteiger partial charge in [-0.2, -0.15) is 0 Å². The summed E-state index contributed by atoms with van der Waals surface area (Å²) in [7, 11) is 0. The maximum absolute atomic E-state index is 13.3. The number of benzene rings is 1. The second kappa shape index (κ2) is 5.65. The maximum atomic E-state index is 13.3. The molecular weight excluding hydrogens is 263 g/mol. The predicted octanol–water partition coefficient (Wildman–Crippen LogP) is 2.42. The number of rotatable bonds is 4. The van der Waals surface area contributed by atoms with Crippen LogP contribution in [0, 0.1) is 11.7 Å². The van der Waals surface area contributed by atoms with E-state index in [4.69, 9.17) is 18.0 Å². The Morgan fingerprint density at radius 2 is 2.32 bits per heavy atom. The molecule has 102 valence electrons. The minimum atomic E-state index is -0.450. The minimum absolute atomic E-state index is 0.112. The van der Waals surface area contributed by atoms with Crippen molar-refractivity contribution in [2.24, 2.45) is 11.7 Å². The van der Waals surface area contributed by atoms with Crippen LogP contribution in [-0.2, 0) is 11.2 Å². The first kappa shape index (κ1) is 13.9. The molecule has 0 aromatic heterocycles. The van der Waals surface area contributed by atoms with Crippen LogP contribution in [0.4, 0.5) is 10.1 Å². The normalized spacial score (nSPS) is 15.2. The highest BCUT2D eigenvalue weighted by atomic mass is 32.1. The third-order valence-electron chi connectivity index (χ3n) is 3.43. The lowest BCUT2D eigenvalue weighted by atomic mass is 10.0. The zero-order valence-corrected chi connectivity index (χ0v) is 11.7. The lowest BCUT2D eigenvalue weighted by Crippen LogP contribution is -2.40. The number of nitrogens with two attached hydrogens (primary N) is 1. The van der Waals surface area contributed by atoms with Crippen LogP contribution < -0.4 is 10.6 Å². The minimum Gasteiger partial charge on any atom is -0.393 e. The number of thiocarbonyl (C=S) groups is 1. The molecule has 3 nitrogen and oxygen atoms in total. The van der Waals surface area contributed by atoms with Crippen molar-refractivity contribution in [1.82, 2.24) is 0 Å². The van der Waals surface area contributed by atoms with Crippen LogP contribution in [0.5, 0.6) is 0 Å². The Bertz CT molecular complexity index is 518. The summed E-state index contributed by atoms with van der Waals surface area (Å²) in [5.41, 5.74) is 7.30. The van der Waals surface area contributed by atoms with E-state index in [0.29, 0.717) is 18.7 Å². The Labute approximate surface area is 117 Å². The first-order valence-electron chi connectivity index (χ1n) is 6.43. The molecule has 1 heterocycles. The van der Waals surface area contributed by atoms with E-state index in [0.717, 1.165) is 18.4 Å². The largest absolute Gasteiger partial charge is 0.393 e. The summed E-state index contributed by atoms with van der Waals surface area (Å²) in [5.74, 6) is -0.895. The van der Waals surface area contributed by atoms with Crippen LogP contribution in [0.15, 0.2) is 18.2 Å². The van der Waals surface area contributed by atoms with Gasteiger partial charge in [-0.05, 0) is 30.5 Å². The lowest BCUT2D eigenvalue weighted by molar-refractivity contribution is -0.120. The molecule has 0 radical (unpaired) electrons. The van der Waals surface area contributed by atoms with Crippen molar-refractivity contribution >= 4 is 28.8 Å². The molecule has 0 bridgehead atoms. The van der Waals surface area contributed by atoms with E-state index in [1.165, 1.54) is 12.1 Å². The Morgan fingerprint density at radius 1 is 1.58 bits per heavy atom. The number of carbonyl (C=O) groups excluding carboxylic acids is 1. The Morgan fingerprint density at radius 3 is 2.95 bits per heavy atom. The molecule has 1 aromatic rings. The van der Waals surface area contributed by atoms with Crippen molar-refractivity contribution in [2.75, 3.05) is 11.4 Å². The molecule has 2 N–H and O–H groups in total. The number of amides is 1. The van der Waals surface area contributed by atoms with Gasteiger partial charge in [-0.15, -0.1) is 0 Å². The third kappa shape index (κ3) is 2.76. The van der Waals surface area contributed by atoms with E-state index in [2.05, 4.69) is 0 Å². The molecule has 2 rings (SSSR count). The Hall–Kier alpha value is -1.49. The summed E-state index contributed by atoms with van der Waals surface area (Å²) < 4.78 is 13.3. The van der Waals surface area contributed by atoms with Crippen LogP contribution in [-0.4, -0.2) is 17.4 Å². The number of carbonyl (C=O) groups is 1.